The van der Waals surface area contributed by atoms with E-state index in [-0.39, 0.29) is 11.4 Å². The Morgan fingerprint density at radius 2 is 2.12 bits per heavy atom. The molecule has 0 bridgehead atoms. The van der Waals surface area contributed by atoms with E-state index in [4.69, 9.17) is 17.4 Å². The number of nitrogens with one attached hydrogen (secondary N) is 1. The Hall–Kier alpha value is -0.790. The Morgan fingerprint density at radius 3 is 2.53 bits per heavy atom. The number of alkyl halides is 3. The van der Waals surface area contributed by atoms with Gasteiger partial charge in [0.25, 0.3) is 0 Å². The quantitative estimate of drug-likeness (QED) is 0.648. The first kappa shape index (κ1) is 14.3. The third-order valence-corrected chi connectivity index (χ3v) is 2.94. The van der Waals surface area contributed by atoms with Crippen molar-refractivity contribution in [1.82, 2.24) is 15.2 Å². The van der Waals surface area contributed by atoms with Crippen LogP contribution in [0.25, 0.3) is 0 Å². The summed E-state index contributed by atoms with van der Waals surface area (Å²) in [4.78, 5) is 0. The van der Waals surface area contributed by atoms with E-state index >= 15 is 0 Å². The van der Waals surface area contributed by atoms with E-state index in [0.717, 1.165) is 0 Å². The van der Waals surface area contributed by atoms with Crippen molar-refractivity contribution in [2.75, 3.05) is 0 Å². The first-order chi connectivity index (χ1) is 7.81. The van der Waals surface area contributed by atoms with Crippen LogP contribution in [-0.2, 0) is 13.0 Å². The van der Waals surface area contributed by atoms with Crippen LogP contribution in [0.5, 0.6) is 0 Å². The van der Waals surface area contributed by atoms with Crippen molar-refractivity contribution < 1.29 is 13.2 Å². The maximum absolute atomic E-state index is 12.6. The molecule has 0 aliphatic rings. The van der Waals surface area contributed by atoms with Crippen LogP contribution in [0.2, 0.25) is 5.02 Å². The van der Waals surface area contributed by atoms with Gasteiger partial charge in [-0.2, -0.15) is 18.3 Å². The minimum absolute atomic E-state index is 0.261. The molecular weight excluding hydrogens is 257 g/mol. The normalized spacial score (nSPS) is 14.1. The average Bonchev–Trinajstić information content (AvgIpc) is 2.50. The summed E-state index contributed by atoms with van der Waals surface area (Å²) in [6, 6.07) is -1.83. The van der Waals surface area contributed by atoms with Gasteiger partial charge < -0.3 is 0 Å². The highest BCUT2D eigenvalue weighted by Gasteiger charge is 2.40. The summed E-state index contributed by atoms with van der Waals surface area (Å²) in [6.45, 7) is 3.89. The zero-order chi connectivity index (χ0) is 13.2. The SMILES string of the molecule is CCn1nc(C)c(Cl)c1CC(NN)C(F)(F)F. The number of hydrogen-bond donors (Lipinski definition) is 2. The second-order valence-corrected chi connectivity index (χ2v) is 4.00. The molecule has 8 heteroatoms. The van der Waals surface area contributed by atoms with Crippen LogP contribution in [0.4, 0.5) is 13.2 Å². The van der Waals surface area contributed by atoms with Gasteiger partial charge in [-0.05, 0) is 13.8 Å². The maximum atomic E-state index is 12.6. The van der Waals surface area contributed by atoms with Crippen molar-refractivity contribution in [3.8, 4) is 0 Å². The summed E-state index contributed by atoms with van der Waals surface area (Å²) in [7, 11) is 0. The summed E-state index contributed by atoms with van der Waals surface area (Å²) < 4.78 is 39.1. The molecule has 1 rings (SSSR count). The zero-order valence-electron chi connectivity index (χ0n) is 9.48. The molecule has 0 saturated carbocycles. The third kappa shape index (κ3) is 3.11. The van der Waals surface area contributed by atoms with E-state index in [9.17, 15) is 13.2 Å². The molecular formula is C9H14ClF3N4. The van der Waals surface area contributed by atoms with E-state index in [1.165, 1.54) is 4.68 Å². The number of hydrazine groups is 1. The molecule has 3 N–H and O–H groups in total. The smallest absolute Gasteiger partial charge is 0.271 e. The van der Waals surface area contributed by atoms with Crippen LogP contribution in [0, 0.1) is 6.92 Å². The number of aromatic nitrogens is 2. The molecule has 0 radical (unpaired) electrons. The van der Waals surface area contributed by atoms with E-state index < -0.39 is 12.2 Å². The Bertz CT molecular complexity index is 388. The van der Waals surface area contributed by atoms with Crippen molar-refractivity contribution in [2.24, 2.45) is 5.84 Å². The maximum Gasteiger partial charge on any atom is 0.405 e. The molecule has 0 aliphatic heterocycles. The number of aryl methyl sites for hydroxylation is 2. The van der Waals surface area contributed by atoms with E-state index in [0.29, 0.717) is 17.9 Å². The lowest BCUT2D eigenvalue weighted by Crippen LogP contribution is -2.47. The summed E-state index contributed by atoms with van der Waals surface area (Å²) in [6.07, 6.45) is -4.76. The highest BCUT2D eigenvalue weighted by molar-refractivity contribution is 6.31. The molecule has 1 heterocycles. The fourth-order valence-electron chi connectivity index (χ4n) is 1.53. The molecule has 1 aromatic heterocycles. The van der Waals surface area contributed by atoms with Gasteiger partial charge in [0.1, 0.15) is 6.04 Å². The fourth-order valence-corrected chi connectivity index (χ4v) is 1.74. The molecule has 0 aliphatic carbocycles. The van der Waals surface area contributed by atoms with Crippen LogP contribution in [0.3, 0.4) is 0 Å². The molecule has 98 valence electrons. The van der Waals surface area contributed by atoms with Crippen LogP contribution in [0.1, 0.15) is 18.3 Å². The second kappa shape index (κ2) is 5.24. The number of hydrogen-bond acceptors (Lipinski definition) is 3. The lowest BCUT2D eigenvalue weighted by atomic mass is 10.1. The largest absolute Gasteiger partial charge is 0.405 e. The number of nitrogens with zero attached hydrogens (tertiary/aromatic N) is 2. The highest BCUT2D eigenvalue weighted by atomic mass is 35.5. The standard InChI is InChI=1S/C9H14ClF3N4/c1-3-17-6(8(10)5(2)16-17)4-7(15-14)9(11,12)13/h7,15H,3-4,14H2,1-2H3. The second-order valence-electron chi connectivity index (χ2n) is 3.63. The minimum Gasteiger partial charge on any atom is -0.271 e. The van der Waals surface area contributed by atoms with Gasteiger partial charge in [-0.15, -0.1) is 0 Å². The van der Waals surface area contributed by atoms with Gasteiger partial charge in [0, 0.05) is 13.0 Å². The van der Waals surface area contributed by atoms with Gasteiger partial charge in [-0.25, -0.2) is 5.43 Å². The average molecular weight is 271 g/mol. The van der Waals surface area contributed by atoms with Crippen LogP contribution in [0.15, 0.2) is 0 Å². The zero-order valence-corrected chi connectivity index (χ0v) is 10.2. The lowest BCUT2D eigenvalue weighted by Gasteiger charge is -2.19. The van der Waals surface area contributed by atoms with Gasteiger partial charge in [-0.3, -0.25) is 10.5 Å². The summed E-state index contributed by atoms with van der Waals surface area (Å²) in [5, 5.41) is 4.31. The summed E-state index contributed by atoms with van der Waals surface area (Å²) >= 11 is 5.92. The molecule has 0 saturated heterocycles. The first-order valence-corrected chi connectivity index (χ1v) is 5.43. The fraction of sp³-hybridized carbons (Fsp3) is 0.667. The van der Waals surface area contributed by atoms with Crippen molar-refractivity contribution in [2.45, 2.75) is 39.0 Å². The van der Waals surface area contributed by atoms with Crippen LogP contribution < -0.4 is 11.3 Å². The van der Waals surface area contributed by atoms with E-state index in [1.54, 1.807) is 19.3 Å². The number of halogens is 4. The Kier molecular flexibility index (Phi) is 4.40. The number of rotatable bonds is 4. The summed E-state index contributed by atoms with van der Waals surface area (Å²) in [5.74, 6) is 4.91. The molecule has 1 atom stereocenters. The first-order valence-electron chi connectivity index (χ1n) is 5.05. The lowest BCUT2D eigenvalue weighted by molar-refractivity contribution is -0.155. The molecule has 17 heavy (non-hydrogen) atoms. The monoisotopic (exact) mass is 270 g/mol. The number of nitrogens with two attached hydrogens (primary N) is 1. The van der Waals surface area contributed by atoms with Crippen molar-refractivity contribution in [3.05, 3.63) is 16.4 Å². The third-order valence-electron chi connectivity index (χ3n) is 2.45. The Labute approximate surface area is 102 Å². The van der Waals surface area contributed by atoms with E-state index in [2.05, 4.69) is 5.10 Å². The van der Waals surface area contributed by atoms with Crippen molar-refractivity contribution in [3.63, 3.8) is 0 Å². The molecule has 4 nitrogen and oxygen atoms in total. The molecule has 1 unspecified atom stereocenters. The predicted octanol–water partition coefficient (Wildman–Crippen LogP) is 1.80. The van der Waals surface area contributed by atoms with Gasteiger partial charge in [-0.1, -0.05) is 11.6 Å². The molecule has 1 aromatic rings. The molecule has 0 fully saturated rings. The van der Waals surface area contributed by atoms with Gasteiger partial charge >= 0.3 is 6.18 Å². The Morgan fingerprint density at radius 1 is 1.53 bits per heavy atom. The van der Waals surface area contributed by atoms with Crippen molar-refractivity contribution in [1.29, 1.82) is 0 Å². The van der Waals surface area contributed by atoms with Gasteiger partial charge in [0.05, 0.1) is 16.4 Å². The highest BCUT2D eigenvalue weighted by Crippen LogP contribution is 2.27. The topological polar surface area (TPSA) is 55.9 Å². The summed E-state index contributed by atoms with van der Waals surface area (Å²) in [5.41, 5.74) is 2.61. The molecule has 0 amide bonds. The van der Waals surface area contributed by atoms with Gasteiger partial charge in [0.15, 0.2) is 0 Å². The minimum atomic E-state index is -4.42. The molecule has 0 spiro atoms. The predicted molar refractivity (Wildman–Crippen MR) is 58.5 cm³/mol. The Balaban J connectivity index is 3.01. The van der Waals surface area contributed by atoms with E-state index in [1.807, 2.05) is 0 Å². The van der Waals surface area contributed by atoms with Crippen LogP contribution >= 0.6 is 11.6 Å². The molecule has 0 aromatic carbocycles. The van der Waals surface area contributed by atoms with Crippen LogP contribution in [-0.4, -0.2) is 22.0 Å². The van der Waals surface area contributed by atoms with Gasteiger partial charge in [0.2, 0.25) is 0 Å². The van der Waals surface area contributed by atoms with Crippen molar-refractivity contribution >= 4 is 11.6 Å².